The van der Waals surface area contributed by atoms with E-state index < -0.39 is 35.5 Å². The summed E-state index contributed by atoms with van der Waals surface area (Å²) in [6.07, 6.45) is -2.11. The van der Waals surface area contributed by atoms with E-state index in [1.807, 2.05) is 0 Å². The topological polar surface area (TPSA) is 91.3 Å². The van der Waals surface area contributed by atoms with Crippen molar-refractivity contribution < 1.29 is 32.3 Å². The standard InChI is InChI=1S/C27H21F4N3O3S.CH4/c28-19-12-17(15-3-5-16(6-4-15)24(35)32-22(25(36)37)11-14-1-2-14)7-9-20(19)33-26-34-21-10-8-18(27(29,30)31)13-23(21)38-26;/h3-10,12-14,22H,1-2,11H2,(H,32,35)(H,33,34)(H,36,37);1H4/t22-;/m0./s1. The molecule has 0 spiro atoms. The highest BCUT2D eigenvalue weighted by atomic mass is 32.1. The summed E-state index contributed by atoms with van der Waals surface area (Å²) in [5.41, 5.74) is 1.16. The van der Waals surface area contributed by atoms with Gasteiger partial charge in [-0.3, -0.25) is 4.79 Å². The Morgan fingerprint density at radius 2 is 1.72 bits per heavy atom. The van der Waals surface area contributed by atoms with Crippen LogP contribution in [0.1, 0.15) is 42.6 Å². The molecule has 6 nitrogen and oxygen atoms in total. The van der Waals surface area contributed by atoms with Crippen LogP contribution >= 0.6 is 11.3 Å². The highest BCUT2D eigenvalue weighted by Crippen LogP contribution is 2.36. The van der Waals surface area contributed by atoms with Gasteiger partial charge in [0.15, 0.2) is 5.13 Å². The van der Waals surface area contributed by atoms with Crippen LogP contribution in [0, 0.1) is 11.7 Å². The number of carboxylic acid groups (broad SMARTS) is 1. The Labute approximate surface area is 225 Å². The van der Waals surface area contributed by atoms with Crippen molar-refractivity contribution in [2.75, 3.05) is 5.32 Å². The SMILES string of the molecule is C.O=C(N[C@@H](CC1CC1)C(=O)O)c1ccc(-c2ccc(Nc3nc4ccc(C(F)(F)F)cc4s3)c(F)c2)cc1. The average Bonchev–Trinajstić information content (AvgIpc) is 3.60. The number of carbonyl (C=O) groups is 2. The van der Waals surface area contributed by atoms with Crippen LogP contribution in [0.15, 0.2) is 60.7 Å². The van der Waals surface area contributed by atoms with Gasteiger partial charge in [0.25, 0.3) is 5.91 Å². The molecule has 3 aromatic carbocycles. The maximum Gasteiger partial charge on any atom is 0.416 e. The van der Waals surface area contributed by atoms with E-state index in [4.69, 9.17) is 0 Å². The van der Waals surface area contributed by atoms with Crippen molar-refractivity contribution in [3.05, 3.63) is 77.6 Å². The van der Waals surface area contributed by atoms with E-state index in [2.05, 4.69) is 15.6 Å². The van der Waals surface area contributed by atoms with Gasteiger partial charge in [-0.15, -0.1) is 0 Å². The van der Waals surface area contributed by atoms with Gasteiger partial charge >= 0.3 is 12.1 Å². The first-order chi connectivity index (χ1) is 18.1. The molecule has 1 saturated carbocycles. The first kappa shape index (κ1) is 28.0. The molecule has 1 atom stereocenters. The van der Waals surface area contributed by atoms with Gasteiger partial charge in [-0.05, 0) is 65.9 Å². The number of hydrogen-bond donors (Lipinski definition) is 3. The summed E-state index contributed by atoms with van der Waals surface area (Å²) in [7, 11) is 0. The second kappa shape index (κ2) is 11.0. The number of benzene rings is 3. The molecule has 1 aliphatic rings. The molecule has 5 rings (SSSR count). The van der Waals surface area contributed by atoms with E-state index >= 15 is 0 Å². The van der Waals surface area contributed by atoms with Gasteiger partial charge < -0.3 is 15.7 Å². The van der Waals surface area contributed by atoms with Crippen molar-refractivity contribution in [2.45, 2.75) is 38.9 Å². The van der Waals surface area contributed by atoms with Gasteiger partial charge in [0.05, 0.1) is 21.5 Å². The number of rotatable bonds is 8. The average molecular weight is 560 g/mol. The van der Waals surface area contributed by atoms with Crippen LogP contribution in [0.3, 0.4) is 0 Å². The number of carbonyl (C=O) groups excluding carboxylic acids is 1. The third-order valence-corrected chi connectivity index (χ3v) is 7.21. The number of hydrogen-bond acceptors (Lipinski definition) is 5. The second-order valence-electron chi connectivity index (χ2n) is 9.14. The number of nitrogens with one attached hydrogen (secondary N) is 2. The van der Waals surface area contributed by atoms with Crippen LogP contribution < -0.4 is 10.6 Å². The third-order valence-electron chi connectivity index (χ3n) is 6.28. The lowest BCUT2D eigenvalue weighted by molar-refractivity contribution is -0.139. The van der Waals surface area contributed by atoms with Gasteiger partial charge in [-0.25, -0.2) is 14.2 Å². The number of aromatic nitrogens is 1. The van der Waals surface area contributed by atoms with E-state index in [0.717, 1.165) is 36.3 Å². The predicted octanol–water partition coefficient (Wildman–Crippen LogP) is 7.48. The molecule has 1 aliphatic carbocycles. The van der Waals surface area contributed by atoms with E-state index in [1.54, 1.807) is 30.3 Å². The van der Waals surface area contributed by atoms with E-state index in [1.165, 1.54) is 18.2 Å². The largest absolute Gasteiger partial charge is 0.480 e. The minimum Gasteiger partial charge on any atom is -0.480 e. The molecule has 4 aromatic rings. The number of halogens is 4. The molecule has 1 fully saturated rings. The third kappa shape index (κ3) is 6.54. The van der Waals surface area contributed by atoms with Crippen molar-refractivity contribution in [3.63, 3.8) is 0 Å². The van der Waals surface area contributed by atoms with E-state index in [-0.39, 0.29) is 18.2 Å². The van der Waals surface area contributed by atoms with Gasteiger partial charge in [-0.2, -0.15) is 13.2 Å². The number of aliphatic carboxylic acids is 1. The fraction of sp³-hybridized carbons (Fsp3) is 0.250. The maximum absolute atomic E-state index is 14.9. The molecule has 39 heavy (non-hydrogen) atoms. The zero-order valence-corrected chi connectivity index (χ0v) is 20.5. The minimum absolute atomic E-state index is 0. The van der Waals surface area contributed by atoms with Gasteiger partial charge in [-0.1, -0.05) is 49.8 Å². The van der Waals surface area contributed by atoms with Crippen molar-refractivity contribution in [2.24, 2.45) is 5.92 Å². The van der Waals surface area contributed by atoms with Crippen molar-refractivity contribution in [1.29, 1.82) is 0 Å². The zero-order chi connectivity index (χ0) is 27.0. The van der Waals surface area contributed by atoms with Gasteiger partial charge in [0, 0.05) is 5.56 Å². The number of alkyl halides is 3. The molecule has 0 saturated heterocycles. The molecule has 0 unspecified atom stereocenters. The molecular weight excluding hydrogens is 534 g/mol. The first-order valence-electron chi connectivity index (χ1n) is 11.8. The summed E-state index contributed by atoms with van der Waals surface area (Å²) in [6.45, 7) is 0. The van der Waals surface area contributed by atoms with Crippen LogP contribution in [-0.2, 0) is 11.0 Å². The Hall–Kier alpha value is -3.99. The van der Waals surface area contributed by atoms with Crippen LogP contribution in [0.5, 0.6) is 0 Å². The quantitative estimate of drug-likeness (QED) is 0.195. The monoisotopic (exact) mass is 559 g/mol. The Balaban J connectivity index is 0.00000353. The molecule has 204 valence electrons. The molecule has 11 heteroatoms. The summed E-state index contributed by atoms with van der Waals surface area (Å²) in [5.74, 6) is -1.82. The van der Waals surface area contributed by atoms with Crippen molar-refractivity contribution in [3.8, 4) is 11.1 Å². The fourth-order valence-electron chi connectivity index (χ4n) is 4.03. The van der Waals surface area contributed by atoms with Gasteiger partial charge in [0.1, 0.15) is 11.9 Å². The number of amides is 1. The maximum atomic E-state index is 14.9. The molecule has 0 aliphatic heterocycles. The number of nitrogens with zero attached hydrogens (tertiary/aromatic N) is 1. The molecule has 1 amide bonds. The highest BCUT2D eigenvalue weighted by Gasteiger charge is 2.31. The molecule has 0 radical (unpaired) electrons. The molecule has 1 aromatic heterocycles. The molecule has 3 N–H and O–H groups in total. The normalized spacial score (nSPS) is 13.9. The smallest absolute Gasteiger partial charge is 0.416 e. The number of carboxylic acids is 1. The molecule has 0 bridgehead atoms. The van der Waals surface area contributed by atoms with Crippen LogP contribution in [0.4, 0.5) is 28.4 Å². The first-order valence-corrected chi connectivity index (χ1v) is 12.6. The van der Waals surface area contributed by atoms with Gasteiger partial charge in [0.2, 0.25) is 0 Å². The number of thiazole rings is 1. The summed E-state index contributed by atoms with van der Waals surface area (Å²) < 4.78 is 54.1. The summed E-state index contributed by atoms with van der Waals surface area (Å²) in [5, 5.41) is 15.0. The summed E-state index contributed by atoms with van der Waals surface area (Å²) in [4.78, 5) is 28.2. The fourth-order valence-corrected chi connectivity index (χ4v) is 4.95. The van der Waals surface area contributed by atoms with E-state index in [9.17, 15) is 32.3 Å². The second-order valence-corrected chi connectivity index (χ2v) is 10.2. The molecular formula is C28H25F4N3O3S. The van der Waals surface area contributed by atoms with Crippen molar-refractivity contribution in [1.82, 2.24) is 10.3 Å². The Kier molecular flexibility index (Phi) is 7.91. The highest BCUT2D eigenvalue weighted by molar-refractivity contribution is 7.22. The summed E-state index contributed by atoms with van der Waals surface area (Å²) >= 11 is 0.985. The Bertz CT molecular complexity index is 1520. The Morgan fingerprint density at radius 3 is 2.33 bits per heavy atom. The zero-order valence-electron chi connectivity index (χ0n) is 19.7. The minimum atomic E-state index is -4.47. The number of fused-ring (bicyclic) bond motifs is 1. The number of anilines is 2. The lowest BCUT2D eigenvalue weighted by Gasteiger charge is -2.14. The van der Waals surface area contributed by atoms with Crippen LogP contribution in [0.25, 0.3) is 21.3 Å². The Morgan fingerprint density at radius 1 is 1.03 bits per heavy atom. The van der Waals surface area contributed by atoms with Crippen LogP contribution in [-0.4, -0.2) is 28.0 Å². The van der Waals surface area contributed by atoms with Crippen LogP contribution in [0.2, 0.25) is 0 Å². The molecule has 1 heterocycles. The lowest BCUT2D eigenvalue weighted by atomic mass is 10.0. The van der Waals surface area contributed by atoms with Crippen molar-refractivity contribution >= 4 is 44.2 Å². The van der Waals surface area contributed by atoms with E-state index in [0.29, 0.717) is 39.2 Å². The summed E-state index contributed by atoms with van der Waals surface area (Å²) in [6, 6.07) is 13.1. The lowest BCUT2D eigenvalue weighted by Crippen LogP contribution is -2.41. The predicted molar refractivity (Wildman–Crippen MR) is 143 cm³/mol.